The first-order chi connectivity index (χ1) is 12.3. The molecule has 2 unspecified atom stereocenters. The fourth-order valence-electron chi connectivity index (χ4n) is 2.90. The first kappa shape index (κ1) is 17.9. The molecule has 1 aliphatic rings. The van der Waals surface area contributed by atoms with Crippen molar-refractivity contribution in [1.82, 2.24) is 20.4 Å². The van der Waals surface area contributed by atoms with Gasteiger partial charge in [0.05, 0.1) is 5.69 Å². The van der Waals surface area contributed by atoms with Gasteiger partial charge in [0.15, 0.2) is 6.29 Å². The number of amides is 3. The molecular formula is C18H24N6O2. The highest BCUT2D eigenvalue weighted by atomic mass is 16.2. The number of benzene rings is 1. The zero-order chi connectivity index (χ0) is 18.8. The molecule has 1 fully saturated rings. The second kappa shape index (κ2) is 7.17. The van der Waals surface area contributed by atoms with Crippen LogP contribution in [-0.4, -0.2) is 27.8 Å². The van der Waals surface area contributed by atoms with Gasteiger partial charge >= 0.3 is 6.03 Å². The van der Waals surface area contributed by atoms with Crippen LogP contribution in [0, 0.1) is 20.8 Å². The second-order valence-electron chi connectivity index (χ2n) is 6.74. The zero-order valence-corrected chi connectivity index (χ0v) is 15.4. The van der Waals surface area contributed by atoms with E-state index in [1.54, 1.807) is 10.7 Å². The van der Waals surface area contributed by atoms with E-state index in [9.17, 15) is 9.59 Å². The number of urea groups is 1. The fourth-order valence-corrected chi connectivity index (χ4v) is 2.90. The highest BCUT2D eigenvalue weighted by Crippen LogP contribution is 2.18. The van der Waals surface area contributed by atoms with Crippen LogP contribution >= 0.6 is 0 Å². The topological polar surface area (TPSA) is 100 Å². The standard InChI is InChI=1S/C18H24N6O2/c1-10-5-6-14(7-11(10)2)20-18(26)21-15-8-13(4)23-24(15)17-19-12(3)9-16(25)22-17/h5-8,12,17,19H,9H2,1-4H3,(H,22,25)(H2,20,21,26). The van der Waals surface area contributed by atoms with E-state index in [0.29, 0.717) is 17.9 Å². The van der Waals surface area contributed by atoms with Crippen LogP contribution in [0.25, 0.3) is 0 Å². The van der Waals surface area contributed by atoms with Crippen LogP contribution in [0.3, 0.4) is 0 Å². The SMILES string of the molecule is Cc1cc(NC(=O)Nc2ccc(C)c(C)c2)n(C2NC(=O)CC(C)N2)n1. The Morgan fingerprint density at radius 3 is 2.65 bits per heavy atom. The first-order valence-corrected chi connectivity index (χ1v) is 8.58. The predicted octanol–water partition coefficient (Wildman–Crippen LogP) is 2.41. The van der Waals surface area contributed by atoms with Gasteiger partial charge in [0.2, 0.25) is 5.91 Å². The van der Waals surface area contributed by atoms with E-state index < -0.39 is 6.29 Å². The van der Waals surface area contributed by atoms with E-state index >= 15 is 0 Å². The van der Waals surface area contributed by atoms with Gasteiger partial charge in [0.25, 0.3) is 0 Å². The number of aromatic nitrogens is 2. The molecule has 8 heteroatoms. The Morgan fingerprint density at radius 2 is 1.96 bits per heavy atom. The lowest BCUT2D eigenvalue weighted by Crippen LogP contribution is -2.52. The third kappa shape index (κ3) is 4.02. The molecule has 2 aromatic rings. The number of anilines is 2. The molecule has 1 aliphatic heterocycles. The van der Waals surface area contributed by atoms with Crippen molar-refractivity contribution in [1.29, 1.82) is 0 Å². The quantitative estimate of drug-likeness (QED) is 0.678. The summed E-state index contributed by atoms with van der Waals surface area (Å²) in [6.45, 7) is 7.78. The lowest BCUT2D eigenvalue weighted by atomic mass is 10.1. The Bertz CT molecular complexity index is 844. The fraction of sp³-hybridized carbons (Fsp3) is 0.389. The highest BCUT2D eigenvalue weighted by Gasteiger charge is 2.26. The van der Waals surface area contributed by atoms with Gasteiger partial charge in [-0.1, -0.05) is 6.07 Å². The summed E-state index contributed by atoms with van der Waals surface area (Å²) in [6.07, 6.45) is -0.0934. The Morgan fingerprint density at radius 1 is 1.19 bits per heavy atom. The Balaban J connectivity index is 1.74. The molecule has 3 rings (SSSR count). The van der Waals surface area contributed by atoms with Gasteiger partial charge in [-0.3, -0.25) is 15.4 Å². The summed E-state index contributed by atoms with van der Waals surface area (Å²) in [5, 5.41) is 16.1. The first-order valence-electron chi connectivity index (χ1n) is 8.58. The lowest BCUT2D eigenvalue weighted by Gasteiger charge is -2.30. The van der Waals surface area contributed by atoms with E-state index in [1.807, 2.05) is 45.9 Å². The van der Waals surface area contributed by atoms with Gasteiger partial charge < -0.3 is 10.6 Å². The Labute approximate surface area is 152 Å². The lowest BCUT2D eigenvalue weighted by molar-refractivity contribution is -0.125. The largest absolute Gasteiger partial charge is 0.324 e. The normalized spacial score (nSPS) is 19.8. The molecule has 3 amide bonds. The molecule has 2 atom stereocenters. The number of rotatable bonds is 3. The van der Waals surface area contributed by atoms with E-state index in [-0.39, 0.29) is 18.0 Å². The van der Waals surface area contributed by atoms with Gasteiger partial charge in [0.1, 0.15) is 5.82 Å². The summed E-state index contributed by atoms with van der Waals surface area (Å²) in [4.78, 5) is 24.2. The average molecular weight is 356 g/mol. The number of nitrogens with one attached hydrogen (secondary N) is 4. The van der Waals surface area contributed by atoms with Crippen molar-refractivity contribution in [2.45, 2.75) is 46.4 Å². The van der Waals surface area contributed by atoms with Crippen LogP contribution in [-0.2, 0) is 4.79 Å². The second-order valence-corrected chi connectivity index (χ2v) is 6.74. The van der Waals surface area contributed by atoms with Crippen molar-refractivity contribution in [3.8, 4) is 0 Å². The molecule has 0 aliphatic carbocycles. The number of hydrogen-bond acceptors (Lipinski definition) is 4. The van der Waals surface area contributed by atoms with Gasteiger partial charge in [-0.15, -0.1) is 0 Å². The summed E-state index contributed by atoms with van der Waals surface area (Å²) in [6, 6.07) is 7.15. The number of carbonyl (C=O) groups excluding carboxylic acids is 2. The summed E-state index contributed by atoms with van der Waals surface area (Å²) < 4.78 is 1.57. The van der Waals surface area contributed by atoms with E-state index in [4.69, 9.17) is 0 Å². The monoisotopic (exact) mass is 356 g/mol. The maximum atomic E-state index is 12.4. The van der Waals surface area contributed by atoms with Gasteiger partial charge in [0, 0.05) is 24.2 Å². The van der Waals surface area contributed by atoms with Crippen molar-refractivity contribution in [3.05, 3.63) is 41.1 Å². The minimum absolute atomic E-state index is 0.0236. The molecule has 1 aromatic carbocycles. The summed E-state index contributed by atoms with van der Waals surface area (Å²) in [5.74, 6) is 0.440. The zero-order valence-electron chi connectivity index (χ0n) is 15.4. The predicted molar refractivity (Wildman–Crippen MR) is 99.9 cm³/mol. The van der Waals surface area contributed by atoms with Gasteiger partial charge in [-0.2, -0.15) is 5.10 Å². The third-order valence-corrected chi connectivity index (χ3v) is 4.34. The number of carbonyl (C=O) groups is 2. The van der Waals surface area contributed by atoms with Crippen LogP contribution in [0.4, 0.5) is 16.3 Å². The van der Waals surface area contributed by atoms with Crippen LogP contribution in [0.1, 0.15) is 36.5 Å². The Kier molecular flexibility index (Phi) is 4.94. The van der Waals surface area contributed by atoms with Crippen LogP contribution in [0.15, 0.2) is 24.3 Å². The van der Waals surface area contributed by atoms with Crippen LogP contribution < -0.4 is 21.3 Å². The molecule has 0 bridgehead atoms. The van der Waals surface area contributed by atoms with Crippen LogP contribution in [0.2, 0.25) is 0 Å². The van der Waals surface area contributed by atoms with Crippen molar-refractivity contribution < 1.29 is 9.59 Å². The smallest absolute Gasteiger partial charge is 0.322 e. The van der Waals surface area contributed by atoms with Crippen molar-refractivity contribution in [2.75, 3.05) is 10.6 Å². The molecule has 1 saturated heterocycles. The van der Waals surface area contributed by atoms with E-state index in [0.717, 1.165) is 16.8 Å². The number of aryl methyl sites for hydroxylation is 3. The Hall–Kier alpha value is -2.87. The number of hydrogen-bond donors (Lipinski definition) is 4. The molecule has 138 valence electrons. The van der Waals surface area contributed by atoms with Gasteiger partial charge in [-0.25, -0.2) is 9.48 Å². The van der Waals surface area contributed by atoms with Gasteiger partial charge in [-0.05, 0) is 51.0 Å². The molecule has 0 radical (unpaired) electrons. The molecule has 1 aromatic heterocycles. The molecule has 0 spiro atoms. The molecule has 0 saturated carbocycles. The molecular weight excluding hydrogens is 332 g/mol. The maximum Gasteiger partial charge on any atom is 0.324 e. The summed E-state index contributed by atoms with van der Waals surface area (Å²) in [7, 11) is 0. The van der Waals surface area contributed by atoms with Crippen LogP contribution in [0.5, 0.6) is 0 Å². The van der Waals surface area contributed by atoms with Crippen molar-refractivity contribution in [2.24, 2.45) is 0 Å². The molecule has 8 nitrogen and oxygen atoms in total. The minimum atomic E-state index is -0.503. The summed E-state index contributed by atoms with van der Waals surface area (Å²) in [5.41, 5.74) is 3.72. The summed E-state index contributed by atoms with van der Waals surface area (Å²) >= 11 is 0. The average Bonchev–Trinajstić information content (AvgIpc) is 2.90. The third-order valence-electron chi connectivity index (χ3n) is 4.34. The number of nitrogens with zero attached hydrogens (tertiary/aromatic N) is 2. The minimum Gasteiger partial charge on any atom is -0.322 e. The van der Waals surface area contributed by atoms with E-state index in [1.165, 1.54) is 0 Å². The molecule has 26 heavy (non-hydrogen) atoms. The maximum absolute atomic E-state index is 12.4. The molecule has 4 N–H and O–H groups in total. The van der Waals surface area contributed by atoms with E-state index in [2.05, 4.69) is 26.4 Å². The highest BCUT2D eigenvalue weighted by molar-refractivity contribution is 5.99. The van der Waals surface area contributed by atoms with Crippen molar-refractivity contribution >= 4 is 23.4 Å². The van der Waals surface area contributed by atoms with Crippen molar-refractivity contribution in [3.63, 3.8) is 0 Å². The molecule has 2 heterocycles.